The first-order valence-corrected chi connectivity index (χ1v) is 10.8. The third kappa shape index (κ3) is 3.46. The second-order valence-corrected chi connectivity index (χ2v) is 7.75. The zero-order chi connectivity index (χ0) is 22.9. The minimum atomic E-state index is -0.782. The van der Waals surface area contributed by atoms with Gasteiger partial charge in [-0.1, -0.05) is 36.4 Å². The molecular weight excluding hydrogens is 416 g/mol. The summed E-state index contributed by atoms with van der Waals surface area (Å²) in [5.74, 6) is -0.957. The van der Waals surface area contributed by atoms with Gasteiger partial charge in [0.1, 0.15) is 11.5 Å². The van der Waals surface area contributed by atoms with Gasteiger partial charge in [0.25, 0.3) is 11.7 Å². The number of hydrogen-bond donors (Lipinski definition) is 2. The summed E-state index contributed by atoms with van der Waals surface area (Å²) >= 11 is 0. The largest absolute Gasteiger partial charge is 0.507 e. The maximum Gasteiger partial charge on any atom is 0.300 e. The lowest BCUT2D eigenvalue weighted by Crippen LogP contribution is -2.29. The molecule has 0 bridgehead atoms. The predicted molar refractivity (Wildman–Crippen MR) is 127 cm³/mol. The molecule has 1 unspecified atom stereocenters. The molecular formula is C27H22N2O4. The van der Waals surface area contributed by atoms with Crippen LogP contribution in [0.4, 0.5) is 5.69 Å². The van der Waals surface area contributed by atoms with Crippen molar-refractivity contribution in [3.63, 3.8) is 0 Å². The third-order valence-corrected chi connectivity index (χ3v) is 5.83. The molecule has 0 aliphatic carbocycles. The molecule has 0 radical (unpaired) electrons. The molecule has 1 amide bonds. The Morgan fingerprint density at radius 2 is 1.67 bits per heavy atom. The molecule has 164 valence electrons. The fourth-order valence-corrected chi connectivity index (χ4v) is 4.33. The van der Waals surface area contributed by atoms with E-state index in [0.717, 1.165) is 16.5 Å². The summed E-state index contributed by atoms with van der Waals surface area (Å²) in [5.41, 5.74) is 2.70. The SMILES string of the molecule is CCOc1ccc(/C(O)=C2\C(=O)C(=O)N(c3ccccc3)C2c2c[nH]c3ccccc23)cc1. The smallest absolute Gasteiger partial charge is 0.300 e. The lowest BCUT2D eigenvalue weighted by Gasteiger charge is -2.25. The van der Waals surface area contributed by atoms with Crippen LogP contribution in [0.1, 0.15) is 24.1 Å². The van der Waals surface area contributed by atoms with Gasteiger partial charge in [0, 0.05) is 33.9 Å². The van der Waals surface area contributed by atoms with Gasteiger partial charge < -0.3 is 14.8 Å². The van der Waals surface area contributed by atoms with Crippen LogP contribution in [0.5, 0.6) is 5.75 Å². The molecule has 4 aromatic rings. The van der Waals surface area contributed by atoms with Crippen molar-refractivity contribution in [3.05, 3.63) is 102 Å². The van der Waals surface area contributed by atoms with Crippen molar-refractivity contribution in [2.24, 2.45) is 0 Å². The summed E-state index contributed by atoms with van der Waals surface area (Å²) in [6.45, 7) is 2.41. The highest BCUT2D eigenvalue weighted by atomic mass is 16.5. The summed E-state index contributed by atoms with van der Waals surface area (Å²) in [6.07, 6.45) is 1.79. The number of rotatable bonds is 5. The van der Waals surface area contributed by atoms with Gasteiger partial charge in [0.15, 0.2) is 0 Å². The number of H-pyrrole nitrogens is 1. The van der Waals surface area contributed by atoms with Gasteiger partial charge in [0.05, 0.1) is 18.2 Å². The molecule has 0 spiro atoms. The van der Waals surface area contributed by atoms with E-state index in [-0.39, 0.29) is 11.3 Å². The minimum Gasteiger partial charge on any atom is -0.507 e. The summed E-state index contributed by atoms with van der Waals surface area (Å²) in [7, 11) is 0. The topological polar surface area (TPSA) is 82.6 Å². The number of nitrogens with zero attached hydrogens (tertiary/aromatic N) is 1. The summed E-state index contributed by atoms with van der Waals surface area (Å²) in [5, 5.41) is 12.1. The number of hydrogen-bond acceptors (Lipinski definition) is 4. The maximum atomic E-state index is 13.3. The molecule has 1 fully saturated rings. The standard InChI is InChI=1S/C27H22N2O4/c1-2-33-19-14-12-17(13-15-19)25(30)23-24(21-16-28-22-11-7-6-10-20(21)22)29(27(32)26(23)31)18-8-4-3-5-9-18/h3-16,24,28,30H,2H2,1H3/b25-23+. The molecule has 6 nitrogen and oxygen atoms in total. The van der Waals surface area contributed by atoms with Crippen molar-refractivity contribution in [1.29, 1.82) is 0 Å². The van der Waals surface area contributed by atoms with Crippen LogP contribution >= 0.6 is 0 Å². The molecule has 5 rings (SSSR count). The molecule has 6 heteroatoms. The quantitative estimate of drug-likeness (QED) is 0.255. The van der Waals surface area contributed by atoms with E-state index in [9.17, 15) is 14.7 Å². The fourth-order valence-electron chi connectivity index (χ4n) is 4.33. The minimum absolute atomic E-state index is 0.0535. The van der Waals surface area contributed by atoms with Crippen molar-refractivity contribution < 1.29 is 19.4 Å². The Bertz CT molecular complexity index is 1370. The van der Waals surface area contributed by atoms with Crippen LogP contribution in [-0.2, 0) is 9.59 Å². The first-order valence-electron chi connectivity index (χ1n) is 10.8. The molecule has 3 aromatic carbocycles. The average Bonchev–Trinajstić information content (AvgIpc) is 3.38. The Kier molecular flexibility index (Phi) is 5.18. The van der Waals surface area contributed by atoms with E-state index in [2.05, 4.69) is 4.98 Å². The number of aromatic nitrogens is 1. The van der Waals surface area contributed by atoms with Crippen LogP contribution in [0.25, 0.3) is 16.7 Å². The lowest BCUT2D eigenvalue weighted by molar-refractivity contribution is -0.132. The number of aromatic amines is 1. The van der Waals surface area contributed by atoms with Crippen LogP contribution in [0, 0.1) is 0 Å². The molecule has 2 N–H and O–H groups in total. The molecule has 2 heterocycles. The van der Waals surface area contributed by atoms with Crippen molar-refractivity contribution >= 4 is 34.0 Å². The van der Waals surface area contributed by atoms with E-state index in [0.29, 0.717) is 23.6 Å². The number of para-hydroxylation sites is 2. The molecule has 1 aliphatic heterocycles. The van der Waals surface area contributed by atoms with Crippen LogP contribution in [-0.4, -0.2) is 28.4 Å². The van der Waals surface area contributed by atoms with E-state index in [1.807, 2.05) is 49.4 Å². The number of fused-ring (bicyclic) bond motifs is 1. The van der Waals surface area contributed by atoms with Crippen LogP contribution in [0.2, 0.25) is 0 Å². The number of Topliss-reactive ketones (excluding diaryl/α,β-unsaturated/α-hetero) is 1. The van der Waals surface area contributed by atoms with Crippen molar-refractivity contribution in [2.75, 3.05) is 11.5 Å². The number of amides is 1. The Labute approximate surface area is 190 Å². The highest BCUT2D eigenvalue weighted by molar-refractivity contribution is 6.51. The van der Waals surface area contributed by atoms with Crippen molar-refractivity contribution in [3.8, 4) is 5.75 Å². The molecule has 1 atom stereocenters. The van der Waals surface area contributed by atoms with Gasteiger partial charge in [-0.05, 0) is 49.4 Å². The number of carbonyl (C=O) groups is 2. The Balaban J connectivity index is 1.72. The number of ether oxygens (including phenoxy) is 1. The second-order valence-electron chi connectivity index (χ2n) is 7.75. The van der Waals surface area contributed by atoms with Gasteiger partial charge in [-0.2, -0.15) is 0 Å². The third-order valence-electron chi connectivity index (χ3n) is 5.83. The molecule has 1 aromatic heterocycles. The van der Waals surface area contributed by atoms with E-state index in [4.69, 9.17) is 4.74 Å². The van der Waals surface area contributed by atoms with E-state index < -0.39 is 17.7 Å². The van der Waals surface area contributed by atoms with Gasteiger partial charge >= 0.3 is 0 Å². The lowest BCUT2D eigenvalue weighted by atomic mass is 9.94. The number of carbonyl (C=O) groups excluding carboxylic acids is 2. The average molecular weight is 438 g/mol. The Hall–Kier alpha value is -4.32. The number of aliphatic hydroxyl groups excluding tert-OH is 1. The zero-order valence-corrected chi connectivity index (χ0v) is 18.0. The molecule has 1 saturated heterocycles. The Morgan fingerprint density at radius 1 is 0.970 bits per heavy atom. The fraction of sp³-hybridized carbons (Fsp3) is 0.111. The van der Waals surface area contributed by atoms with E-state index in [1.54, 1.807) is 42.6 Å². The molecule has 1 aliphatic rings. The molecule has 0 saturated carbocycles. The van der Waals surface area contributed by atoms with Crippen LogP contribution < -0.4 is 9.64 Å². The summed E-state index contributed by atoms with van der Waals surface area (Å²) in [4.78, 5) is 31.2. The number of aliphatic hydroxyl groups is 1. The molecule has 33 heavy (non-hydrogen) atoms. The first-order chi connectivity index (χ1) is 16.1. The van der Waals surface area contributed by atoms with E-state index >= 15 is 0 Å². The number of ketones is 1. The summed E-state index contributed by atoms with van der Waals surface area (Å²) in [6, 6.07) is 22.8. The number of anilines is 1. The normalized spacial score (nSPS) is 17.6. The van der Waals surface area contributed by atoms with Gasteiger partial charge in [0.2, 0.25) is 0 Å². The van der Waals surface area contributed by atoms with Crippen molar-refractivity contribution in [1.82, 2.24) is 4.98 Å². The second kappa shape index (κ2) is 8.31. The van der Waals surface area contributed by atoms with Crippen LogP contribution in [0.3, 0.4) is 0 Å². The number of benzene rings is 3. The Morgan fingerprint density at radius 3 is 2.39 bits per heavy atom. The highest BCUT2D eigenvalue weighted by Crippen LogP contribution is 2.44. The summed E-state index contributed by atoms with van der Waals surface area (Å²) < 4.78 is 5.48. The van der Waals surface area contributed by atoms with Crippen molar-refractivity contribution in [2.45, 2.75) is 13.0 Å². The van der Waals surface area contributed by atoms with E-state index in [1.165, 1.54) is 4.90 Å². The van der Waals surface area contributed by atoms with Crippen LogP contribution in [0.15, 0.2) is 90.6 Å². The predicted octanol–water partition coefficient (Wildman–Crippen LogP) is 5.19. The highest BCUT2D eigenvalue weighted by Gasteiger charge is 2.47. The van der Waals surface area contributed by atoms with Gasteiger partial charge in [-0.3, -0.25) is 14.5 Å². The monoisotopic (exact) mass is 438 g/mol. The zero-order valence-electron chi connectivity index (χ0n) is 18.0. The van der Waals surface area contributed by atoms with Gasteiger partial charge in [-0.25, -0.2) is 0 Å². The van der Waals surface area contributed by atoms with Gasteiger partial charge in [-0.15, -0.1) is 0 Å². The number of nitrogens with one attached hydrogen (secondary N) is 1. The maximum absolute atomic E-state index is 13.3. The first kappa shape index (κ1) is 20.6.